The molecule has 0 aromatic heterocycles. The van der Waals surface area contributed by atoms with Crippen LogP contribution in [0.3, 0.4) is 0 Å². The summed E-state index contributed by atoms with van der Waals surface area (Å²) in [6.45, 7) is 3.06. The highest BCUT2D eigenvalue weighted by molar-refractivity contribution is 5.68. The summed E-state index contributed by atoms with van der Waals surface area (Å²) >= 11 is 0. The molecule has 0 fully saturated rings. The minimum absolute atomic E-state index is 0.0983. The first kappa shape index (κ1) is 17.4. The van der Waals surface area contributed by atoms with E-state index in [-0.39, 0.29) is 12.6 Å². The third-order valence-corrected chi connectivity index (χ3v) is 3.10. The minimum Gasteiger partial charge on any atom is -0.469 e. The number of unbranched alkanes of at least 4 members (excludes halogenated alkanes) is 5. The van der Waals surface area contributed by atoms with Crippen molar-refractivity contribution in [2.24, 2.45) is 0 Å². The highest BCUT2D eigenvalue weighted by atomic mass is 16.5. The molecule has 0 aromatic rings. The largest absolute Gasteiger partial charge is 0.469 e. The lowest BCUT2D eigenvalue weighted by molar-refractivity contribution is -0.140. The fourth-order valence-corrected chi connectivity index (χ4v) is 1.94. The molecule has 0 radical (unpaired) electrons. The molecule has 1 atom stereocenters. The molecule has 0 saturated heterocycles. The molecule has 0 aliphatic carbocycles. The van der Waals surface area contributed by atoms with Crippen molar-refractivity contribution in [1.29, 1.82) is 0 Å². The molecular formula is C14H29NO3. The smallest absolute Gasteiger partial charge is 0.305 e. The molecule has 4 nitrogen and oxygen atoms in total. The number of carbonyl (C=O) groups is 1. The number of esters is 1. The highest BCUT2D eigenvalue weighted by Crippen LogP contribution is 2.10. The van der Waals surface area contributed by atoms with Crippen molar-refractivity contribution in [3.8, 4) is 0 Å². The van der Waals surface area contributed by atoms with Crippen LogP contribution in [0.25, 0.3) is 0 Å². The Morgan fingerprint density at radius 2 is 1.78 bits per heavy atom. The molecule has 0 saturated carbocycles. The van der Waals surface area contributed by atoms with E-state index in [1.807, 2.05) is 0 Å². The summed E-state index contributed by atoms with van der Waals surface area (Å²) in [5.41, 5.74) is 0. The summed E-state index contributed by atoms with van der Waals surface area (Å²) in [6.07, 6.45) is 8.72. The van der Waals surface area contributed by atoms with Gasteiger partial charge in [0.2, 0.25) is 0 Å². The molecule has 108 valence electrons. The van der Waals surface area contributed by atoms with Crippen LogP contribution in [-0.4, -0.2) is 37.4 Å². The van der Waals surface area contributed by atoms with Crippen LogP contribution in [0, 0.1) is 0 Å². The molecule has 0 aromatic carbocycles. The Bertz CT molecular complexity index is 197. The van der Waals surface area contributed by atoms with Crippen molar-refractivity contribution in [2.45, 2.75) is 64.3 Å². The monoisotopic (exact) mass is 259 g/mol. The van der Waals surface area contributed by atoms with Crippen LogP contribution in [0.4, 0.5) is 0 Å². The van der Waals surface area contributed by atoms with Gasteiger partial charge in [0, 0.05) is 19.0 Å². The van der Waals surface area contributed by atoms with Gasteiger partial charge in [0.15, 0.2) is 0 Å². The Kier molecular flexibility index (Phi) is 12.4. The SMILES string of the molecule is COC(=O)CCCCCCCCC(C)NCCO. The number of rotatable bonds is 12. The second-order valence-electron chi connectivity index (χ2n) is 4.81. The lowest BCUT2D eigenvalue weighted by Crippen LogP contribution is -2.28. The van der Waals surface area contributed by atoms with Crippen molar-refractivity contribution in [3.05, 3.63) is 0 Å². The predicted octanol–water partition coefficient (Wildman–Crippen LogP) is 2.25. The average molecular weight is 259 g/mol. The maximum atomic E-state index is 10.9. The second-order valence-corrected chi connectivity index (χ2v) is 4.81. The van der Waals surface area contributed by atoms with E-state index in [1.165, 1.54) is 39.2 Å². The zero-order chi connectivity index (χ0) is 13.6. The van der Waals surface area contributed by atoms with Gasteiger partial charge in [-0.15, -0.1) is 0 Å². The highest BCUT2D eigenvalue weighted by Gasteiger charge is 2.01. The topological polar surface area (TPSA) is 58.6 Å². The van der Waals surface area contributed by atoms with E-state index < -0.39 is 0 Å². The second kappa shape index (κ2) is 12.8. The minimum atomic E-state index is -0.0983. The van der Waals surface area contributed by atoms with E-state index in [4.69, 9.17) is 5.11 Å². The van der Waals surface area contributed by atoms with Crippen LogP contribution in [0.2, 0.25) is 0 Å². The molecule has 4 heteroatoms. The molecule has 0 bridgehead atoms. The van der Waals surface area contributed by atoms with Crippen LogP contribution < -0.4 is 5.32 Å². The Morgan fingerprint density at radius 3 is 2.39 bits per heavy atom. The molecule has 0 amide bonds. The molecule has 0 spiro atoms. The van der Waals surface area contributed by atoms with Crippen molar-refractivity contribution < 1.29 is 14.6 Å². The van der Waals surface area contributed by atoms with Crippen molar-refractivity contribution >= 4 is 5.97 Å². The van der Waals surface area contributed by atoms with E-state index in [2.05, 4.69) is 17.0 Å². The molecule has 0 aliphatic rings. The van der Waals surface area contributed by atoms with E-state index in [0.29, 0.717) is 19.0 Å². The maximum absolute atomic E-state index is 10.9. The Labute approximate surface area is 111 Å². The molecule has 18 heavy (non-hydrogen) atoms. The van der Waals surface area contributed by atoms with Crippen molar-refractivity contribution in [1.82, 2.24) is 5.32 Å². The zero-order valence-corrected chi connectivity index (χ0v) is 11.9. The first-order chi connectivity index (χ1) is 8.70. The summed E-state index contributed by atoms with van der Waals surface area (Å²) in [7, 11) is 1.44. The van der Waals surface area contributed by atoms with Gasteiger partial charge in [0.1, 0.15) is 0 Å². The lowest BCUT2D eigenvalue weighted by atomic mass is 10.1. The third-order valence-electron chi connectivity index (χ3n) is 3.10. The molecule has 2 N–H and O–H groups in total. The number of carbonyl (C=O) groups excluding carboxylic acids is 1. The number of aliphatic hydroxyl groups is 1. The van der Waals surface area contributed by atoms with E-state index in [9.17, 15) is 4.79 Å². The zero-order valence-electron chi connectivity index (χ0n) is 11.9. The van der Waals surface area contributed by atoms with Gasteiger partial charge in [-0.3, -0.25) is 4.79 Å². The number of nitrogens with one attached hydrogen (secondary N) is 1. The van der Waals surface area contributed by atoms with E-state index in [1.54, 1.807) is 0 Å². The molecular weight excluding hydrogens is 230 g/mol. The van der Waals surface area contributed by atoms with Gasteiger partial charge in [-0.25, -0.2) is 0 Å². The lowest BCUT2D eigenvalue weighted by Gasteiger charge is -2.12. The first-order valence-electron chi connectivity index (χ1n) is 7.11. The summed E-state index contributed by atoms with van der Waals surface area (Å²) in [5, 5.41) is 11.9. The number of hydrogen-bond donors (Lipinski definition) is 2. The van der Waals surface area contributed by atoms with Gasteiger partial charge < -0.3 is 15.2 Å². The maximum Gasteiger partial charge on any atom is 0.305 e. The summed E-state index contributed by atoms with van der Waals surface area (Å²) in [4.78, 5) is 10.9. The number of aliphatic hydroxyl groups excluding tert-OH is 1. The summed E-state index contributed by atoms with van der Waals surface area (Å²) in [5.74, 6) is -0.0983. The van der Waals surface area contributed by atoms with Gasteiger partial charge >= 0.3 is 5.97 Å². The van der Waals surface area contributed by atoms with Crippen LogP contribution in [0.1, 0.15) is 58.3 Å². The fourth-order valence-electron chi connectivity index (χ4n) is 1.94. The Morgan fingerprint density at radius 1 is 1.17 bits per heavy atom. The van der Waals surface area contributed by atoms with Gasteiger partial charge in [0.05, 0.1) is 13.7 Å². The van der Waals surface area contributed by atoms with Crippen LogP contribution in [0.15, 0.2) is 0 Å². The van der Waals surface area contributed by atoms with Crippen molar-refractivity contribution in [2.75, 3.05) is 20.3 Å². The molecule has 0 rings (SSSR count). The third kappa shape index (κ3) is 11.9. The molecule has 1 unspecified atom stereocenters. The molecule has 0 aliphatic heterocycles. The van der Waals surface area contributed by atoms with Crippen LogP contribution >= 0.6 is 0 Å². The predicted molar refractivity (Wildman–Crippen MR) is 73.5 cm³/mol. The van der Waals surface area contributed by atoms with Crippen molar-refractivity contribution in [3.63, 3.8) is 0 Å². The van der Waals surface area contributed by atoms with E-state index in [0.717, 1.165) is 12.8 Å². The Hall–Kier alpha value is -0.610. The summed E-state index contributed by atoms with van der Waals surface area (Å²) < 4.78 is 4.59. The molecule has 0 heterocycles. The fraction of sp³-hybridized carbons (Fsp3) is 0.929. The number of hydrogen-bond acceptors (Lipinski definition) is 4. The number of methoxy groups -OCH3 is 1. The van der Waals surface area contributed by atoms with Crippen LogP contribution in [0.5, 0.6) is 0 Å². The average Bonchev–Trinajstić information content (AvgIpc) is 2.38. The van der Waals surface area contributed by atoms with Crippen LogP contribution in [-0.2, 0) is 9.53 Å². The Balaban J connectivity index is 3.13. The van der Waals surface area contributed by atoms with Gasteiger partial charge in [-0.1, -0.05) is 32.1 Å². The van der Waals surface area contributed by atoms with Gasteiger partial charge in [-0.2, -0.15) is 0 Å². The van der Waals surface area contributed by atoms with Gasteiger partial charge in [0.25, 0.3) is 0 Å². The quantitative estimate of drug-likeness (QED) is 0.417. The summed E-state index contributed by atoms with van der Waals surface area (Å²) in [6, 6.07) is 0.497. The van der Waals surface area contributed by atoms with Gasteiger partial charge in [-0.05, 0) is 19.8 Å². The number of ether oxygens (including phenoxy) is 1. The standard InChI is InChI=1S/C14H29NO3/c1-13(15-11-12-16)9-7-5-3-4-6-8-10-14(17)18-2/h13,15-16H,3-12H2,1-2H3. The van der Waals surface area contributed by atoms with E-state index >= 15 is 0 Å². The normalized spacial score (nSPS) is 12.4. The first-order valence-corrected chi connectivity index (χ1v) is 7.11.